The van der Waals surface area contributed by atoms with Crippen LogP contribution >= 0.6 is 0 Å². The third-order valence-electron chi connectivity index (χ3n) is 2.70. The van der Waals surface area contributed by atoms with Crippen LogP contribution in [-0.4, -0.2) is 21.1 Å². The van der Waals surface area contributed by atoms with E-state index in [-0.39, 0.29) is 18.2 Å². The van der Waals surface area contributed by atoms with Gasteiger partial charge in [-0.25, -0.2) is 9.78 Å². The van der Waals surface area contributed by atoms with Gasteiger partial charge in [0.15, 0.2) is 12.4 Å². The van der Waals surface area contributed by atoms with E-state index in [1.54, 1.807) is 13.0 Å². The van der Waals surface area contributed by atoms with Crippen LogP contribution in [0.4, 0.5) is 0 Å². The first-order valence-corrected chi connectivity index (χ1v) is 6.04. The molecule has 0 unspecified atom stereocenters. The first-order valence-electron chi connectivity index (χ1n) is 6.04. The predicted molar refractivity (Wildman–Crippen MR) is 69.9 cm³/mol. The van der Waals surface area contributed by atoms with E-state index < -0.39 is 5.97 Å². The molecule has 0 aliphatic heterocycles. The average Bonchev–Trinajstić information content (AvgIpc) is 2.90. The van der Waals surface area contributed by atoms with E-state index in [9.17, 15) is 4.79 Å². The molecule has 0 bridgehead atoms. The summed E-state index contributed by atoms with van der Waals surface area (Å²) >= 11 is 0. The molecule has 0 fully saturated rings. The minimum Gasteiger partial charge on any atom is -0.451 e. The molecule has 20 heavy (non-hydrogen) atoms. The van der Waals surface area contributed by atoms with Crippen LogP contribution in [0, 0.1) is 6.92 Å². The smallest absolute Gasteiger partial charge is 0.357 e. The van der Waals surface area contributed by atoms with Crippen molar-refractivity contribution in [2.75, 3.05) is 0 Å². The van der Waals surface area contributed by atoms with Gasteiger partial charge in [0, 0.05) is 5.39 Å². The van der Waals surface area contributed by atoms with Crippen LogP contribution in [0.1, 0.15) is 22.2 Å². The molecule has 3 aromatic rings. The number of para-hydroxylation sites is 1. The zero-order valence-electron chi connectivity index (χ0n) is 10.7. The first-order chi connectivity index (χ1) is 9.72. The fourth-order valence-electron chi connectivity index (χ4n) is 1.78. The number of carbonyl (C=O) groups excluding carboxylic acids is 1. The van der Waals surface area contributed by atoms with Gasteiger partial charge in [-0.15, -0.1) is 0 Å². The highest BCUT2D eigenvalue weighted by Gasteiger charge is 2.12. The summed E-state index contributed by atoms with van der Waals surface area (Å²) in [6, 6.07) is 11.0. The minimum absolute atomic E-state index is 0.0613. The highest BCUT2D eigenvalue weighted by atomic mass is 16.6. The molecule has 0 saturated heterocycles. The SMILES string of the molecule is Cc1noc(COC(=O)c2ccc3ccccc3n2)n1. The molecule has 6 nitrogen and oxygen atoms in total. The van der Waals surface area contributed by atoms with Crippen molar-refractivity contribution in [3.8, 4) is 0 Å². The molecule has 1 aromatic carbocycles. The molecule has 0 spiro atoms. The number of esters is 1. The Balaban J connectivity index is 1.75. The monoisotopic (exact) mass is 269 g/mol. The lowest BCUT2D eigenvalue weighted by molar-refractivity contribution is 0.0423. The summed E-state index contributed by atoms with van der Waals surface area (Å²) in [6.07, 6.45) is 0. The maximum absolute atomic E-state index is 11.9. The van der Waals surface area contributed by atoms with Crippen LogP contribution in [0.2, 0.25) is 0 Å². The number of rotatable bonds is 3. The Labute approximate surface area is 114 Å². The molecular formula is C14H11N3O3. The van der Waals surface area contributed by atoms with Crippen molar-refractivity contribution in [2.24, 2.45) is 0 Å². The van der Waals surface area contributed by atoms with Crippen molar-refractivity contribution in [1.82, 2.24) is 15.1 Å². The molecule has 2 aromatic heterocycles. The van der Waals surface area contributed by atoms with E-state index in [1.165, 1.54) is 0 Å². The zero-order valence-corrected chi connectivity index (χ0v) is 10.7. The number of aryl methyl sites for hydroxylation is 1. The summed E-state index contributed by atoms with van der Waals surface area (Å²) in [5.41, 5.74) is 0.996. The third-order valence-corrected chi connectivity index (χ3v) is 2.70. The Morgan fingerprint density at radius 1 is 1.20 bits per heavy atom. The number of fused-ring (bicyclic) bond motifs is 1. The van der Waals surface area contributed by atoms with Crippen molar-refractivity contribution in [3.63, 3.8) is 0 Å². The molecule has 6 heteroatoms. The number of benzene rings is 1. The van der Waals surface area contributed by atoms with Gasteiger partial charge in [0.05, 0.1) is 5.52 Å². The summed E-state index contributed by atoms with van der Waals surface area (Å²) in [5, 5.41) is 4.58. The van der Waals surface area contributed by atoms with Gasteiger partial charge in [0.2, 0.25) is 0 Å². The fourth-order valence-corrected chi connectivity index (χ4v) is 1.78. The van der Waals surface area contributed by atoms with E-state index >= 15 is 0 Å². The lowest BCUT2D eigenvalue weighted by Crippen LogP contribution is -2.07. The van der Waals surface area contributed by atoms with Gasteiger partial charge in [0.1, 0.15) is 5.69 Å². The molecule has 2 heterocycles. The molecule has 0 radical (unpaired) electrons. The van der Waals surface area contributed by atoms with Crippen molar-refractivity contribution in [3.05, 3.63) is 53.8 Å². The Kier molecular flexibility index (Phi) is 3.12. The minimum atomic E-state index is -0.522. The van der Waals surface area contributed by atoms with Gasteiger partial charge in [-0.05, 0) is 19.1 Å². The molecule has 100 valence electrons. The normalized spacial score (nSPS) is 10.7. The number of carbonyl (C=O) groups is 1. The number of ether oxygens (including phenoxy) is 1. The highest BCUT2D eigenvalue weighted by Crippen LogP contribution is 2.12. The molecular weight excluding hydrogens is 258 g/mol. The first kappa shape index (κ1) is 12.3. The summed E-state index contributed by atoms with van der Waals surface area (Å²) < 4.78 is 9.94. The number of aromatic nitrogens is 3. The summed E-state index contributed by atoms with van der Waals surface area (Å²) in [7, 11) is 0. The van der Waals surface area contributed by atoms with Crippen LogP contribution in [0.25, 0.3) is 10.9 Å². The lowest BCUT2D eigenvalue weighted by atomic mass is 10.2. The molecule has 0 aliphatic carbocycles. The molecule has 0 saturated carbocycles. The second-order valence-electron chi connectivity index (χ2n) is 4.20. The number of hydrogen-bond donors (Lipinski definition) is 0. The number of hydrogen-bond acceptors (Lipinski definition) is 6. The van der Waals surface area contributed by atoms with Gasteiger partial charge in [-0.1, -0.05) is 29.4 Å². The van der Waals surface area contributed by atoms with Gasteiger partial charge in [0.25, 0.3) is 5.89 Å². The Hall–Kier alpha value is -2.76. The Morgan fingerprint density at radius 3 is 2.85 bits per heavy atom. The number of pyridine rings is 1. The predicted octanol–water partition coefficient (Wildman–Crippen LogP) is 2.28. The van der Waals surface area contributed by atoms with Gasteiger partial charge < -0.3 is 9.26 Å². The van der Waals surface area contributed by atoms with E-state index in [1.807, 2.05) is 30.3 Å². The van der Waals surface area contributed by atoms with Crippen molar-refractivity contribution >= 4 is 16.9 Å². The van der Waals surface area contributed by atoms with Crippen molar-refractivity contribution in [1.29, 1.82) is 0 Å². The van der Waals surface area contributed by atoms with E-state index in [4.69, 9.17) is 9.26 Å². The second-order valence-corrected chi connectivity index (χ2v) is 4.20. The quantitative estimate of drug-likeness (QED) is 0.679. The maximum Gasteiger partial charge on any atom is 0.357 e. The fraction of sp³-hybridized carbons (Fsp3) is 0.143. The molecule has 3 rings (SSSR count). The second kappa shape index (κ2) is 5.08. The van der Waals surface area contributed by atoms with Crippen LogP contribution in [-0.2, 0) is 11.3 Å². The van der Waals surface area contributed by atoms with Crippen LogP contribution in [0.5, 0.6) is 0 Å². The summed E-state index contributed by atoms with van der Waals surface area (Å²) in [6.45, 7) is 1.63. The molecule has 0 amide bonds. The highest BCUT2D eigenvalue weighted by molar-refractivity contribution is 5.90. The number of nitrogens with zero attached hydrogens (tertiary/aromatic N) is 3. The lowest BCUT2D eigenvalue weighted by Gasteiger charge is -2.02. The van der Waals surface area contributed by atoms with Crippen molar-refractivity contribution < 1.29 is 14.1 Å². The van der Waals surface area contributed by atoms with E-state index in [2.05, 4.69) is 15.1 Å². The van der Waals surface area contributed by atoms with E-state index in [0.29, 0.717) is 5.82 Å². The van der Waals surface area contributed by atoms with Gasteiger partial charge in [-0.3, -0.25) is 0 Å². The van der Waals surface area contributed by atoms with Crippen LogP contribution < -0.4 is 0 Å². The maximum atomic E-state index is 11.9. The topological polar surface area (TPSA) is 78.1 Å². The van der Waals surface area contributed by atoms with E-state index in [0.717, 1.165) is 10.9 Å². The Morgan fingerprint density at radius 2 is 2.05 bits per heavy atom. The third kappa shape index (κ3) is 2.49. The van der Waals surface area contributed by atoms with Gasteiger partial charge >= 0.3 is 5.97 Å². The van der Waals surface area contributed by atoms with Crippen LogP contribution in [0.15, 0.2) is 40.9 Å². The van der Waals surface area contributed by atoms with Gasteiger partial charge in [-0.2, -0.15) is 4.98 Å². The average molecular weight is 269 g/mol. The molecule has 0 N–H and O–H groups in total. The van der Waals surface area contributed by atoms with Crippen LogP contribution in [0.3, 0.4) is 0 Å². The zero-order chi connectivity index (χ0) is 13.9. The summed E-state index contributed by atoms with van der Waals surface area (Å²) in [4.78, 5) is 20.1. The molecule has 0 atom stereocenters. The summed E-state index contributed by atoms with van der Waals surface area (Å²) in [5.74, 6) is 0.239. The standard InChI is InChI=1S/C14H11N3O3/c1-9-15-13(20-17-9)8-19-14(18)12-7-6-10-4-2-3-5-11(10)16-12/h2-7H,8H2,1H3. The molecule has 0 aliphatic rings. The largest absolute Gasteiger partial charge is 0.451 e. The van der Waals surface area contributed by atoms with Crippen molar-refractivity contribution in [2.45, 2.75) is 13.5 Å². The Bertz CT molecular complexity index is 767.